The van der Waals surface area contributed by atoms with Crippen LogP contribution >= 0.6 is 11.8 Å². The van der Waals surface area contributed by atoms with Gasteiger partial charge in [-0.25, -0.2) is 8.78 Å². The number of hydrogen-bond acceptors (Lipinski definition) is 3. The molecule has 0 spiro atoms. The van der Waals surface area contributed by atoms with Gasteiger partial charge in [-0.3, -0.25) is 4.79 Å². The number of aliphatic hydroxyl groups excluding tert-OH is 1. The van der Waals surface area contributed by atoms with Crippen LogP contribution in [0.15, 0.2) is 18.2 Å². The first kappa shape index (κ1) is 15.9. The van der Waals surface area contributed by atoms with Crippen molar-refractivity contribution in [2.45, 2.75) is 19.4 Å². The highest BCUT2D eigenvalue weighted by Crippen LogP contribution is 2.19. The fraction of sp³-hybridized carbons (Fsp3) is 0.462. The zero-order valence-electron chi connectivity index (χ0n) is 10.7. The van der Waals surface area contributed by atoms with Crippen LogP contribution in [0.2, 0.25) is 0 Å². The number of carbonyl (C=O) groups excluding carboxylic acids is 1. The highest BCUT2D eigenvalue weighted by molar-refractivity contribution is 7.99. The SMILES string of the molecule is CCCSCC(=O)NCC(O)c1c(F)cccc1F. The van der Waals surface area contributed by atoms with E-state index in [2.05, 4.69) is 5.32 Å². The molecule has 0 saturated carbocycles. The van der Waals surface area contributed by atoms with Gasteiger partial charge in [0.05, 0.1) is 11.3 Å². The molecule has 3 nitrogen and oxygen atoms in total. The van der Waals surface area contributed by atoms with Gasteiger partial charge in [-0.2, -0.15) is 11.8 Å². The Morgan fingerprint density at radius 1 is 1.42 bits per heavy atom. The first-order valence-corrected chi connectivity index (χ1v) is 7.18. The lowest BCUT2D eigenvalue weighted by Crippen LogP contribution is -2.30. The van der Waals surface area contributed by atoms with E-state index in [1.807, 2.05) is 6.92 Å². The summed E-state index contributed by atoms with van der Waals surface area (Å²) in [5.74, 6) is -0.739. The molecule has 0 fully saturated rings. The van der Waals surface area contributed by atoms with Crippen LogP contribution in [0.5, 0.6) is 0 Å². The van der Waals surface area contributed by atoms with E-state index in [1.54, 1.807) is 0 Å². The van der Waals surface area contributed by atoms with Crippen LogP contribution in [-0.2, 0) is 4.79 Å². The highest BCUT2D eigenvalue weighted by atomic mass is 32.2. The van der Waals surface area contributed by atoms with Crippen molar-refractivity contribution in [2.24, 2.45) is 0 Å². The molecular weight excluding hydrogens is 272 g/mol. The van der Waals surface area contributed by atoms with Crippen LogP contribution in [0, 0.1) is 11.6 Å². The predicted octanol–water partition coefficient (Wildman–Crippen LogP) is 2.26. The summed E-state index contributed by atoms with van der Waals surface area (Å²) in [7, 11) is 0. The van der Waals surface area contributed by atoms with Crippen LogP contribution in [0.4, 0.5) is 8.78 Å². The first-order chi connectivity index (χ1) is 9.06. The van der Waals surface area contributed by atoms with Gasteiger partial charge in [0.15, 0.2) is 0 Å². The number of aliphatic hydroxyl groups is 1. The van der Waals surface area contributed by atoms with Gasteiger partial charge >= 0.3 is 0 Å². The summed E-state index contributed by atoms with van der Waals surface area (Å²) in [6.07, 6.45) is -0.414. The maximum Gasteiger partial charge on any atom is 0.230 e. The van der Waals surface area contributed by atoms with Crippen LogP contribution < -0.4 is 5.32 Å². The van der Waals surface area contributed by atoms with Gasteiger partial charge in [-0.05, 0) is 24.3 Å². The fourth-order valence-electron chi connectivity index (χ4n) is 1.50. The number of amides is 1. The Labute approximate surface area is 115 Å². The molecule has 1 aromatic rings. The van der Waals surface area contributed by atoms with E-state index >= 15 is 0 Å². The Kier molecular flexibility index (Phi) is 6.80. The van der Waals surface area contributed by atoms with Crippen molar-refractivity contribution in [2.75, 3.05) is 18.1 Å². The molecule has 1 aromatic carbocycles. The number of halogens is 2. The number of rotatable bonds is 7. The van der Waals surface area contributed by atoms with Crippen molar-refractivity contribution in [1.29, 1.82) is 0 Å². The third-order valence-electron chi connectivity index (χ3n) is 2.41. The molecule has 1 atom stereocenters. The van der Waals surface area contributed by atoms with Crippen LogP contribution in [0.25, 0.3) is 0 Å². The van der Waals surface area contributed by atoms with Crippen LogP contribution in [0.3, 0.4) is 0 Å². The molecule has 0 saturated heterocycles. The number of thioether (sulfide) groups is 1. The first-order valence-electron chi connectivity index (χ1n) is 6.02. The lowest BCUT2D eigenvalue weighted by molar-refractivity contribution is -0.119. The van der Waals surface area contributed by atoms with Gasteiger partial charge < -0.3 is 10.4 Å². The van der Waals surface area contributed by atoms with Gasteiger partial charge in [-0.15, -0.1) is 0 Å². The molecule has 19 heavy (non-hydrogen) atoms. The topological polar surface area (TPSA) is 49.3 Å². The lowest BCUT2D eigenvalue weighted by Gasteiger charge is -2.13. The molecule has 0 aliphatic heterocycles. The van der Waals surface area contributed by atoms with Crippen LogP contribution in [0.1, 0.15) is 25.0 Å². The second-order valence-electron chi connectivity index (χ2n) is 4.01. The lowest BCUT2D eigenvalue weighted by atomic mass is 10.1. The molecule has 0 aromatic heterocycles. The smallest absolute Gasteiger partial charge is 0.230 e. The van der Waals surface area contributed by atoms with Crippen molar-refractivity contribution in [1.82, 2.24) is 5.32 Å². The minimum atomic E-state index is -1.39. The standard InChI is InChI=1S/C13H17F2NO2S/c1-2-6-19-8-12(18)16-7-11(17)13-9(14)4-3-5-10(13)15/h3-5,11,17H,2,6-8H2,1H3,(H,16,18). The van der Waals surface area contributed by atoms with E-state index < -0.39 is 23.3 Å². The van der Waals surface area contributed by atoms with Crippen molar-refractivity contribution in [3.8, 4) is 0 Å². The molecule has 0 heterocycles. The van der Waals surface area contributed by atoms with Crippen molar-refractivity contribution in [3.63, 3.8) is 0 Å². The van der Waals surface area contributed by atoms with Gasteiger partial charge in [0, 0.05) is 6.54 Å². The molecule has 6 heteroatoms. The summed E-state index contributed by atoms with van der Waals surface area (Å²) in [5, 5.41) is 12.2. The minimum absolute atomic E-state index is 0.205. The van der Waals surface area contributed by atoms with Crippen molar-refractivity contribution in [3.05, 3.63) is 35.4 Å². The Morgan fingerprint density at radius 2 is 2.05 bits per heavy atom. The normalized spacial score (nSPS) is 12.2. The second-order valence-corrected chi connectivity index (χ2v) is 5.11. The molecule has 0 bridgehead atoms. The number of nitrogens with one attached hydrogen (secondary N) is 1. The molecule has 1 rings (SSSR count). The number of carbonyl (C=O) groups is 1. The second kappa shape index (κ2) is 8.12. The molecule has 2 N–H and O–H groups in total. The molecule has 1 unspecified atom stereocenters. The van der Waals surface area contributed by atoms with E-state index in [4.69, 9.17) is 0 Å². The number of benzene rings is 1. The average molecular weight is 289 g/mol. The Morgan fingerprint density at radius 3 is 2.63 bits per heavy atom. The van der Waals surface area contributed by atoms with E-state index in [0.717, 1.165) is 24.3 Å². The van der Waals surface area contributed by atoms with Gasteiger partial charge in [0.25, 0.3) is 0 Å². The van der Waals surface area contributed by atoms with Crippen molar-refractivity contribution >= 4 is 17.7 Å². The predicted molar refractivity (Wildman–Crippen MR) is 71.9 cm³/mol. The van der Waals surface area contributed by atoms with Crippen LogP contribution in [-0.4, -0.2) is 29.1 Å². The van der Waals surface area contributed by atoms with E-state index in [0.29, 0.717) is 0 Å². The third kappa shape index (κ3) is 5.16. The zero-order valence-corrected chi connectivity index (χ0v) is 11.5. The quantitative estimate of drug-likeness (QED) is 0.757. The Hall–Kier alpha value is -1.14. The summed E-state index contributed by atoms with van der Waals surface area (Å²) in [5.41, 5.74) is -0.413. The summed E-state index contributed by atoms with van der Waals surface area (Å²) >= 11 is 1.47. The van der Waals surface area contributed by atoms with E-state index in [1.165, 1.54) is 17.8 Å². The Bertz CT molecular complexity index is 409. The summed E-state index contributed by atoms with van der Waals surface area (Å²) in [4.78, 5) is 11.4. The fourth-order valence-corrected chi connectivity index (χ4v) is 2.22. The maximum atomic E-state index is 13.4. The average Bonchev–Trinajstić information content (AvgIpc) is 2.36. The van der Waals surface area contributed by atoms with Crippen molar-refractivity contribution < 1.29 is 18.7 Å². The number of hydrogen-bond donors (Lipinski definition) is 2. The highest BCUT2D eigenvalue weighted by Gasteiger charge is 2.18. The molecule has 0 aliphatic carbocycles. The van der Waals surface area contributed by atoms with Gasteiger partial charge in [0.2, 0.25) is 5.91 Å². The van der Waals surface area contributed by atoms with Gasteiger partial charge in [0.1, 0.15) is 17.7 Å². The summed E-state index contributed by atoms with van der Waals surface area (Å²) < 4.78 is 26.7. The Balaban J connectivity index is 2.47. The molecular formula is C13H17F2NO2S. The summed E-state index contributed by atoms with van der Waals surface area (Å²) in [6, 6.07) is 3.36. The molecule has 0 aliphatic rings. The van der Waals surface area contributed by atoms with E-state index in [9.17, 15) is 18.7 Å². The monoisotopic (exact) mass is 289 g/mol. The van der Waals surface area contributed by atoms with Gasteiger partial charge in [-0.1, -0.05) is 13.0 Å². The molecule has 1 amide bonds. The zero-order chi connectivity index (χ0) is 14.3. The minimum Gasteiger partial charge on any atom is -0.386 e. The third-order valence-corrected chi connectivity index (χ3v) is 3.57. The largest absolute Gasteiger partial charge is 0.386 e. The van der Waals surface area contributed by atoms with E-state index in [-0.39, 0.29) is 18.2 Å². The maximum absolute atomic E-state index is 13.4. The molecule has 106 valence electrons. The molecule has 0 radical (unpaired) electrons. The summed E-state index contributed by atoms with van der Waals surface area (Å²) in [6.45, 7) is 1.80.